The molecule has 1 unspecified atom stereocenters. The molecule has 0 aliphatic heterocycles. The highest BCUT2D eigenvalue weighted by Crippen LogP contribution is 2.07. The number of carbonyl (C=O) groups is 3. The molecule has 7 heteroatoms. The Morgan fingerprint density at radius 3 is 1.95 bits per heavy atom. The number of aliphatic carboxylic acids is 1. The molecule has 0 aromatic heterocycles. The van der Waals surface area contributed by atoms with Gasteiger partial charge in [0.2, 0.25) is 5.91 Å². The highest BCUT2D eigenvalue weighted by molar-refractivity contribution is 5.88. The van der Waals surface area contributed by atoms with Crippen LogP contribution in [0.1, 0.15) is 41.0 Å². The van der Waals surface area contributed by atoms with Gasteiger partial charge in [-0.2, -0.15) is 0 Å². The molecule has 3 atom stereocenters. The van der Waals surface area contributed by atoms with Gasteiger partial charge in [-0.15, -0.1) is 0 Å². The fraction of sp³-hybridized carbons (Fsp3) is 0.786. The third-order valence-corrected chi connectivity index (χ3v) is 3.56. The van der Waals surface area contributed by atoms with Gasteiger partial charge in [0.25, 0.3) is 0 Å². The summed E-state index contributed by atoms with van der Waals surface area (Å²) in [6.07, 6.45) is 0.630. The summed E-state index contributed by atoms with van der Waals surface area (Å²) in [5.41, 5.74) is 0. The lowest BCUT2D eigenvalue weighted by Gasteiger charge is -2.25. The van der Waals surface area contributed by atoms with Crippen LogP contribution in [0, 0.1) is 5.92 Å². The van der Waals surface area contributed by atoms with E-state index < -0.39 is 24.1 Å². The number of nitrogens with zero attached hydrogens (tertiary/aromatic N) is 1. The Hall–Kier alpha value is -1.79. The summed E-state index contributed by atoms with van der Waals surface area (Å²) in [4.78, 5) is 36.6. The van der Waals surface area contributed by atoms with Crippen LogP contribution in [-0.2, 0) is 9.59 Å². The summed E-state index contributed by atoms with van der Waals surface area (Å²) in [7, 11) is 0. The number of rotatable bonds is 8. The van der Waals surface area contributed by atoms with Crippen LogP contribution in [-0.4, -0.2) is 53.1 Å². The first-order chi connectivity index (χ1) is 9.78. The Labute approximate surface area is 126 Å². The molecule has 7 nitrogen and oxygen atoms in total. The molecule has 0 radical (unpaired) electrons. The maximum atomic E-state index is 12.0. The minimum absolute atomic E-state index is 0.189. The summed E-state index contributed by atoms with van der Waals surface area (Å²) in [5.74, 6) is -1.46. The van der Waals surface area contributed by atoms with E-state index in [9.17, 15) is 14.4 Å². The van der Waals surface area contributed by atoms with Gasteiger partial charge in [-0.25, -0.2) is 9.59 Å². The van der Waals surface area contributed by atoms with Gasteiger partial charge in [0.05, 0.1) is 0 Å². The van der Waals surface area contributed by atoms with E-state index in [0.29, 0.717) is 19.5 Å². The smallest absolute Gasteiger partial charge is 0.326 e. The van der Waals surface area contributed by atoms with E-state index in [2.05, 4.69) is 10.6 Å². The van der Waals surface area contributed by atoms with Crippen molar-refractivity contribution in [2.45, 2.75) is 53.1 Å². The monoisotopic (exact) mass is 301 g/mol. The van der Waals surface area contributed by atoms with Crippen LogP contribution < -0.4 is 10.6 Å². The summed E-state index contributed by atoms with van der Waals surface area (Å²) in [5, 5.41) is 14.0. The van der Waals surface area contributed by atoms with Crippen molar-refractivity contribution in [2.75, 3.05) is 13.1 Å². The van der Waals surface area contributed by atoms with Gasteiger partial charge in [-0.1, -0.05) is 20.3 Å². The Balaban J connectivity index is 4.60. The van der Waals surface area contributed by atoms with Crippen molar-refractivity contribution in [1.82, 2.24) is 15.5 Å². The van der Waals surface area contributed by atoms with Crippen LogP contribution in [0.25, 0.3) is 0 Å². The number of hydrogen-bond donors (Lipinski definition) is 3. The number of carbonyl (C=O) groups excluding carboxylic acids is 2. The molecule has 0 rings (SSSR count). The molecule has 0 bridgehead atoms. The quantitative estimate of drug-likeness (QED) is 0.624. The first-order valence-electron chi connectivity index (χ1n) is 7.36. The number of amides is 3. The summed E-state index contributed by atoms with van der Waals surface area (Å²) < 4.78 is 0. The topological polar surface area (TPSA) is 98.7 Å². The van der Waals surface area contributed by atoms with Gasteiger partial charge in [0.1, 0.15) is 12.1 Å². The lowest BCUT2D eigenvalue weighted by atomic mass is 9.99. The standard InChI is InChI=1S/C14H27N3O4/c1-6-9(4)11(13(19)20)16-14(21)15-10(5)12(18)17(7-2)8-3/h9-11H,6-8H2,1-5H3,(H,19,20)(H2,15,16,21)/t9-,10?,11-/m0/s1. The number of likely N-dealkylation sites (N-methyl/N-ethyl adjacent to an activating group) is 1. The molecule has 0 aromatic carbocycles. The average molecular weight is 301 g/mol. The first kappa shape index (κ1) is 19.2. The van der Waals surface area contributed by atoms with E-state index in [4.69, 9.17) is 5.11 Å². The second kappa shape index (κ2) is 9.20. The second-order valence-electron chi connectivity index (χ2n) is 5.05. The Morgan fingerprint density at radius 1 is 1.05 bits per heavy atom. The van der Waals surface area contributed by atoms with Crippen molar-refractivity contribution in [3.63, 3.8) is 0 Å². The van der Waals surface area contributed by atoms with Crippen molar-refractivity contribution in [3.8, 4) is 0 Å². The minimum atomic E-state index is -1.08. The highest BCUT2D eigenvalue weighted by Gasteiger charge is 2.27. The Morgan fingerprint density at radius 2 is 1.57 bits per heavy atom. The highest BCUT2D eigenvalue weighted by atomic mass is 16.4. The van der Waals surface area contributed by atoms with Crippen LogP contribution in [0.2, 0.25) is 0 Å². The van der Waals surface area contributed by atoms with Crippen LogP contribution >= 0.6 is 0 Å². The van der Waals surface area contributed by atoms with Crippen molar-refractivity contribution in [3.05, 3.63) is 0 Å². The summed E-state index contributed by atoms with van der Waals surface area (Å²) >= 11 is 0. The Kier molecular flexibility index (Phi) is 8.42. The van der Waals surface area contributed by atoms with Gasteiger partial charge < -0.3 is 20.6 Å². The second-order valence-corrected chi connectivity index (χ2v) is 5.05. The van der Waals surface area contributed by atoms with Crippen molar-refractivity contribution in [1.29, 1.82) is 0 Å². The normalized spacial score (nSPS) is 14.7. The first-order valence-corrected chi connectivity index (χ1v) is 7.36. The lowest BCUT2D eigenvalue weighted by Crippen LogP contribution is -2.54. The molecule has 0 heterocycles. The predicted octanol–water partition coefficient (Wildman–Crippen LogP) is 1.04. The molecule has 0 saturated carbocycles. The third kappa shape index (κ3) is 6.01. The maximum Gasteiger partial charge on any atom is 0.326 e. The number of nitrogens with one attached hydrogen (secondary N) is 2. The van der Waals surface area contributed by atoms with Crippen LogP contribution in [0.3, 0.4) is 0 Å². The van der Waals surface area contributed by atoms with E-state index in [1.165, 1.54) is 0 Å². The Bertz CT molecular complexity index is 369. The van der Waals surface area contributed by atoms with Gasteiger partial charge in [0.15, 0.2) is 0 Å². The molecule has 0 aromatic rings. The van der Waals surface area contributed by atoms with Gasteiger partial charge in [0, 0.05) is 13.1 Å². The predicted molar refractivity (Wildman–Crippen MR) is 79.9 cm³/mol. The summed E-state index contributed by atoms with van der Waals surface area (Å²) in [6.45, 7) is 10.0. The summed E-state index contributed by atoms with van der Waals surface area (Å²) in [6, 6.07) is -2.31. The zero-order valence-electron chi connectivity index (χ0n) is 13.5. The molecule has 0 fully saturated rings. The maximum absolute atomic E-state index is 12.0. The molecule has 0 aliphatic rings. The molecule has 0 saturated heterocycles. The zero-order chi connectivity index (χ0) is 16.6. The number of urea groups is 1. The van der Waals surface area contributed by atoms with Crippen LogP contribution in [0.15, 0.2) is 0 Å². The van der Waals surface area contributed by atoms with E-state index >= 15 is 0 Å². The molecule has 21 heavy (non-hydrogen) atoms. The van der Waals surface area contributed by atoms with Gasteiger partial charge >= 0.3 is 12.0 Å². The van der Waals surface area contributed by atoms with Gasteiger partial charge in [-0.05, 0) is 26.7 Å². The molecule has 0 spiro atoms. The molecule has 122 valence electrons. The van der Waals surface area contributed by atoms with Crippen molar-refractivity contribution in [2.24, 2.45) is 5.92 Å². The van der Waals surface area contributed by atoms with Crippen LogP contribution in [0.4, 0.5) is 4.79 Å². The minimum Gasteiger partial charge on any atom is -0.480 e. The zero-order valence-corrected chi connectivity index (χ0v) is 13.5. The molecule has 0 aliphatic carbocycles. The fourth-order valence-corrected chi connectivity index (χ4v) is 1.93. The average Bonchev–Trinajstić information content (AvgIpc) is 2.44. The molecule has 3 amide bonds. The van der Waals surface area contributed by atoms with E-state index in [1.807, 2.05) is 20.8 Å². The number of carboxylic acids is 1. The fourth-order valence-electron chi connectivity index (χ4n) is 1.93. The molecular formula is C14H27N3O4. The van der Waals surface area contributed by atoms with E-state index in [-0.39, 0.29) is 11.8 Å². The van der Waals surface area contributed by atoms with Crippen molar-refractivity contribution < 1.29 is 19.5 Å². The largest absolute Gasteiger partial charge is 0.480 e. The molecular weight excluding hydrogens is 274 g/mol. The van der Waals surface area contributed by atoms with E-state index in [0.717, 1.165) is 0 Å². The van der Waals surface area contributed by atoms with Crippen molar-refractivity contribution >= 4 is 17.9 Å². The lowest BCUT2D eigenvalue weighted by molar-refractivity contribution is -0.140. The third-order valence-electron chi connectivity index (χ3n) is 3.56. The van der Waals surface area contributed by atoms with Gasteiger partial charge in [-0.3, -0.25) is 4.79 Å². The van der Waals surface area contributed by atoms with E-state index in [1.54, 1.807) is 18.7 Å². The molecule has 3 N–H and O–H groups in total. The SMILES string of the molecule is CC[C@H](C)[C@H](NC(=O)NC(C)C(=O)N(CC)CC)C(=O)O. The number of carboxylic acid groups (broad SMARTS) is 1. The number of hydrogen-bond acceptors (Lipinski definition) is 3. The van der Waals surface area contributed by atoms with Crippen LogP contribution in [0.5, 0.6) is 0 Å².